The molecule has 2 fully saturated rings. The van der Waals surface area contributed by atoms with Gasteiger partial charge in [-0.1, -0.05) is 51.8 Å². The lowest BCUT2D eigenvalue weighted by molar-refractivity contribution is -0.121. The maximum atomic E-state index is 13.1. The van der Waals surface area contributed by atoms with Crippen LogP contribution in [0, 0.1) is 0 Å². The van der Waals surface area contributed by atoms with Crippen molar-refractivity contribution in [1.82, 2.24) is 9.80 Å². The molecule has 5 rings (SSSR count). The van der Waals surface area contributed by atoms with Crippen LogP contribution in [0.15, 0.2) is 81.1 Å². The summed E-state index contributed by atoms with van der Waals surface area (Å²) in [6.45, 7) is 2.51. The van der Waals surface area contributed by atoms with Gasteiger partial charge in [-0.2, -0.15) is 0 Å². The van der Waals surface area contributed by atoms with Crippen LogP contribution in [-0.4, -0.2) is 60.1 Å². The third kappa shape index (κ3) is 6.55. The van der Waals surface area contributed by atoms with Gasteiger partial charge in [0.1, 0.15) is 12.4 Å². The zero-order chi connectivity index (χ0) is 27.4. The first-order valence-corrected chi connectivity index (χ1v) is 14.3. The van der Waals surface area contributed by atoms with Gasteiger partial charge in [-0.25, -0.2) is 4.99 Å². The number of nitrogens with zero attached hydrogens (tertiary/aromatic N) is 3. The quantitative estimate of drug-likeness (QED) is 0.297. The van der Waals surface area contributed by atoms with E-state index in [1.165, 1.54) is 16.7 Å². The van der Waals surface area contributed by atoms with Crippen molar-refractivity contribution in [2.24, 2.45) is 4.99 Å². The Hall–Kier alpha value is -3.11. The van der Waals surface area contributed by atoms with E-state index in [2.05, 4.69) is 20.9 Å². The van der Waals surface area contributed by atoms with E-state index in [1.807, 2.05) is 48.5 Å². The van der Waals surface area contributed by atoms with Gasteiger partial charge in [-0.3, -0.25) is 14.5 Å². The van der Waals surface area contributed by atoms with Crippen molar-refractivity contribution in [1.29, 1.82) is 0 Å². The molecule has 39 heavy (non-hydrogen) atoms. The summed E-state index contributed by atoms with van der Waals surface area (Å²) >= 11 is 11.1. The van der Waals surface area contributed by atoms with Crippen LogP contribution in [-0.2, 0) is 16.1 Å². The second-order valence-electron chi connectivity index (χ2n) is 8.89. The molecule has 2 aliphatic heterocycles. The maximum Gasteiger partial charge on any atom is 0.266 e. The van der Waals surface area contributed by atoms with Crippen LogP contribution in [0.25, 0.3) is 6.08 Å². The lowest BCUT2D eigenvalue weighted by Crippen LogP contribution is -2.40. The molecule has 2 aliphatic rings. The van der Waals surface area contributed by atoms with Gasteiger partial charge < -0.3 is 14.4 Å². The van der Waals surface area contributed by atoms with Crippen molar-refractivity contribution in [2.75, 3.05) is 33.4 Å². The van der Waals surface area contributed by atoms with Crippen LogP contribution >= 0.6 is 39.3 Å². The molecule has 0 spiro atoms. The molecule has 0 aromatic heterocycles. The summed E-state index contributed by atoms with van der Waals surface area (Å²) in [6, 6.07) is 20.3. The number of thioether (sulfide) groups is 1. The predicted octanol–water partition coefficient (Wildman–Crippen LogP) is 6.39. The van der Waals surface area contributed by atoms with Crippen LogP contribution in [0.3, 0.4) is 0 Å². The minimum atomic E-state index is -0.170. The Morgan fingerprint density at radius 3 is 2.72 bits per heavy atom. The summed E-state index contributed by atoms with van der Waals surface area (Å²) in [7, 11) is 1.69. The van der Waals surface area contributed by atoms with Gasteiger partial charge in [0, 0.05) is 46.3 Å². The monoisotopic (exact) mass is 625 g/mol. The molecule has 0 aliphatic carbocycles. The Morgan fingerprint density at radius 2 is 1.92 bits per heavy atom. The van der Waals surface area contributed by atoms with Gasteiger partial charge in [-0.05, 0) is 60.3 Å². The van der Waals surface area contributed by atoms with E-state index in [9.17, 15) is 9.59 Å². The number of likely N-dealkylation sites (N-methyl/N-ethyl adjacent to an activating group) is 1. The first-order valence-electron chi connectivity index (χ1n) is 12.3. The number of halogens is 2. The van der Waals surface area contributed by atoms with E-state index in [-0.39, 0.29) is 11.8 Å². The molecule has 0 N–H and O–H groups in total. The molecular weight excluding hydrogens is 602 g/mol. The number of rotatable bonds is 6. The molecule has 0 atom stereocenters. The molecule has 2 saturated heterocycles. The highest BCUT2D eigenvalue weighted by molar-refractivity contribution is 9.10. The molecule has 2 amide bonds. The fourth-order valence-corrected chi connectivity index (χ4v) is 5.64. The van der Waals surface area contributed by atoms with Crippen LogP contribution in [0.4, 0.5) is 5.69 Å². The molecule has 3 aromatic rings. The fraction of sp³-hybridized carbons (Fsp3) is 0.207. The minimum Gasteiger partial charge on any atom is -0.488 e. The van der Waals surface area contributed by atoms with E-state index in [4.69, 9.17) is 21.1 Å². The molecule has 2 heterocycles. The van der Waals surface area contributed by atoms with Gasteiger partial charge in [0.15, 0.2) is 5.17 Å². The Kier molecular flexibility index (Phi) is 8.72. The third-order valence-corrected chi connectivity index (χ3v) is 8.14. The third-order valence-electron chi connectivity index (χ3n) is 6.22. The number of amidine groups is 1. The Bertz CT molecular complexity index is 1470. The van der Waals surface area contributed by atoms with Crippen LogP contribution < -0.4 is 4.74 Å². The van der Waals surface area contributed by atoms with Crippen molar-refractivity contribution < 1.29 is 19.1 Å². The first kappa shape index (κ1) is 27.5. The highest BCUT2D eigenvalue weighted by atomic mass is 79.9. The number of benzene rings is 3. The molecule has 200 valence electrons. The smallest absolute Gasteiger partial charge is 0.266 e. The molecular formula is C29H25BrClN3O4S. The summed E-state index contributed by atoms with van der Waals surface area (Å²) in [5, 5.41) is 1.16. The molecule has 0 radical (unpaired) electrons. The van der Waals surface area contributed by atoms with Crippen molar-refractivity contribution >= 4 is 68.0 Å². The second kappa shape index (κ2) is 12.4. The van der Waals surface area contributed by atoms with Gasteiger partial charge in [-0.15, -0.1) is 0 Å². The Labute approximate surface area is 244 Å². The highest BCUT2D eigenvalue weighted by Gasteiger charge is 2.31. The summed E-state index contributed by atoms with van der Waals surface area (Å²) in [6.07, 6.45) is 1.80. The lowest BCUT2D eigenvalue weighted by atomic mass is 10.1. The zero-order valence-corrected chi connectivity index (χ0v) is 24.3. The fourth-order valence-electron chi connectivity index (χ4n) is 4.10. The number of morpholine rings is 1. The topological polar surface area (TPSA) is 71.4 Å². The van der Waals surface area contributed by atoms with Gasteiger partial charge in [0.2, 0.25) is 0 Å². The molecule has 3 aromatic carbocycles. The number of carbonyl (C=O) groups is 2. The van der Waals surface area contributed by atoms with Crippen molar-refractivity contribution in [3.8, 4) is 5.75 Å². The van der Waals surface area contributed by atoms with Crippen molar-refractivity contribution in [2.45, 2.75) is 6.61 Å². The number of hydrogen-bond donors (Lipinski definition) is 0. The van der Waals surface area contributed by atoms with Gasteiger partial charge in [0.05, 0.1) is 23.8 Å². The predicted molar refractivity (Wildman–Crippen MR) is 159 cm³/mol. The molecule has 10 heteroatoms. The molecule has 0 unspecified atom stereocenters. The van der Waals surface area contributed by atoms with Gasteiger partial charge in [0.25, 0.3) is 11.8 Å². The zero-order valence-electron chi connectivity index (χ0n) is 21.1. The first-order chi connectivity index (χ1) is 18.9. The van der Waals surface area contributed by atoms with E-state index >= 15 is 0 Å². The highest BCUT2D eigenvalue weighted by Crippen LogP contribution is 2.36. The second-order valence-corrected chi connectivity index (χ2v) is 11.2. The SMILES string of the molecule is CN1C(=O)/C(=C\c2cc(Br)ccc2OCc2ccccc2Cl)SC1=Nc1cccc(C(=O)N2CCOCC2)c1. The largest absolute Gasteiger partial charge is 0.488 e. The maximum absolute atomic E-state index is 13.1. The standard InChI is InChI=1S/C29H25BrClN3O4S/c1-33-28(36)26(17-21-15-22(30)9-10-25(21)38-18-20-5-2-3-8-24(20)31)39-29(33)32-23-7-4-6-19(16-23)27(35)34-11-13-37-14-12-34/h2-10,15-17H,11-14,18H2,1H3/b26-17+,32-29?. The van der Waals surface area contributed by atoms with Gasteiger partial charge >= 0.3 is 0 Å². The normalized spacial score (nSPS) is 17.8. The summed E-state index contributed by atoms with van der Waals surface area (Å²) in [5.74, 6) is 0.404. The van der Waals surface area contributed by atoms with Crippen LogP contribution in [0.5, 0.6) is 5.75 Å². The molecule has 0 bridgehead atoms. The summed E-state index contributed by atoms with van der Waals surface area (Å²) in [4.78, 5) is 34.5. The summed E-state index contributed by atoms with van der Waals surface area (Å²) in [5.41, 5.74) is 2.78. The Balaban J connectivity index is 1.36. The van der Waals surface area contributed by atoms with Crippen molar-refractivity contribution in [3.05, 3.63) is 97.8 Å². The number of amides is 2. The average Bonchev–Trinajstić information content (AvgIpc) is 3.21. The number of carbonyl (C=O) groups excluding carboxylic acids is 2. The summed E-state index contributed by atoms with van der Waals surface area (Å²) < 4.78 is 12.3. The number of hydrogen-bond acceptors (Lipinski definition) is 6. The van der Waals surface area contributed by atoms with E-state index < -0.39 is 0 Å². The van der Waals surface area contributed by atoms with E-state index in [1.54, 1.807) is 36.2 Å². The average molecular weight is 627 g/mol. The number of aliphatic imine (C=N–C) groups is 1. The number of ether oxygens (including phenoxy) is 2. The Morgan fingerprint density at radius 1 is 1.13 bits per heavy atom. The minimum absolute atomic E-state index is 0.0524. The molecule has 0 saturated carbocycles. The lowest BCUT2D eigenvalue weighted by Gasteiger charge is -2.26. The van der Waals surface area contributed by atoms with E-state index in [0.29, 0.717) is 65.0 Å². The van der Waals surface area contributed by atoms with Crippen LogP contribution in [0.1, 0.15) is 21.5 Å². The van der Waals surface area contributed by atoms with E-state index in [0.717, 1.165) is 15.6 Å². The molecule has 7 nitrogen and oxygen atoms in total. The van der Waals surface area contributed by atoms with Crippen molar-refractivity contribution in [3.63, 3.8) is 0 Å². The van der Waals surface area contributed by atoms with Crippen LogP contribution in [0.2, 0.25) is 5.02 Å².